The van der Waals surface area contributed by atoms with Gasteiger partial charge in [-0.15, -0.1) is 0 Å². The van der Waals surface area contributed by atoms with Crippen LogP contribution in [0.15, 0.2) is 417 Å². The van der Waals surface area contributed by atoms with Crippen LogP contribution in [0.1, 0.15) is 27.7 Å². The second-order valence-electron chi connectivity index (χ2n) is 32.3. The summed E-state index contributed by atoms with van der Waals surface area (Å²) in [6.45, 7) is 8.40. The minimum atomic E-state index is -0.388. The maximum absolute atomic E-state index is 6.39. The highest BCUT2D eigenvalue weighted by molar-refractivity contribution is 9.10. The Bertz CT molecular complexity index is 7250. The van der Waals surface area contributed by atoms with Gasteiger partial charge in [-0.3, -0.25) is 0 Å². The van der Waals surface area contributed by atoms with E-state index in [1.54, 1.807) is 0 Å². The molecule has 0 N–H and O–H groups in total. The molecule has 0 unspecified atom stereocenters. The molecule has 23 rings (SSSR count). The smallest absolute Gasteiger partial charge is 0.399 e. The van der Waals surface area contributed by atoms with Gasteiger partial charge in [0.1, 0.15) is 0 Å². The summed E-state index contributed by atoms with van der Waals surface area (Å²) in [7, 11) is -0.388. The Morgan fingerprint density at radius 3 is 0.754 bits per heavy atom. The molecule has 20 aromatic rings. The summed E-state index contributed by atoms with van der Waals surface area (Å²) in [4.78, 5) is 0. The van der Waals surface area contributed by atoms with Crippen LogP contribution in [0, 0.1) is 0 Å². The number of rotatable bonds is 6. The van der Waals surface area contributed by atoms with Gasteiger partial charge in [0, 0.05) is 4.47 Å². The minimum absolute atomic E-state index is 0.370. The maximum atomic E-state index is 6.39. The van der Waals surface area contributed by atoms with Gasteiger partial charge in [0.05, 0.1) is 11.2 Å². The van der Waals surface area contributed by atoms with Crippen molar-refractivity contribution in [3.8, 4) is 145 Å². The Balaban J connectivity index is 0.000000117. The number of hydrogen-bond acceptors (Lipinski definition) is 2. The zero-order valence-electron chi connectivity index (χ0n) is 66.0. The quantitative estimate of drug-likeness (QED) is 0.122. The van der Waals surface area contributed by atoms with Crippen LogP contribution in [-0.2, 0) is 9.31 Å². The van der Waals surface area contributed by atoms with Gasteiger partial charge in [0.25, 0.3) is 0 Å². The standard InChI is InChI=1S/C54H34.C30H27BO2.C30H19Br/c1-2-14-38-33-39(30-27-35(38)13-1)36-25-28-37(29-26-36)53-48-21-9-11-23-50(48)54(51-24-12-10-22-49(51)53)40-31-32-47-45-19-6-5-17-43(45)41-15-3-4-16-42(41)44-18-7-8-20-46(44)52(47)34-40;1-29(2)30(3,4)33-31(32-29)20-17-18-27-25-15-8-7-13-23(25)21-11-5-6-12-22(21)24-14-9-10-16-26(24)28(27)19-20;31-30-27-11-5-3-9-25(27)29(26-10-4-6-12-28(26)30)22-16-13-21(14-17-22)24-18-15-20-7-1-2-8-23(20)19-24/h1-34H;5-19H,1-4H3;1-19H. The van der Waals surface area contributed by atoms with Gasteiger partial charge in [0.2, 0.25) is 0 Å². The van der Waals surface area contributed by atoms with E-state index in [0.29, 0.717) is 0 Å². The van der Waals surface area contributed by atoms with Gasteiger partial charge in [-0.05, 0) is 277 Å². The summed E-state index contributed by atoms with van der Waals surface area (Å²) in [6.07, 6.45) is 0. The Morgan fingerprint density at radius 2 is 0.415 bits per heavy atom. The third-order valence-corrected chi connectivity index (χ3v) is 25.9. The van der Waals surface area contributed by atoms with E-state index in [1.165, 1.54) is 209 Å². The van der Waals surface area contributed by atoms with Crippen molar-refractivity contribution in [3.63, 3.8) is 0 Å². The molecule has 1 heterocycles. The fourth-order valence-corrected chi connectivity index (χ4v) is 19.2. The van der Waals surface area contributed by atoms with E-state index in [1.807, 2.05) is 0 Å². The van der Waals surface area contributed by atoms with Crippen LogP contribution in [0.3, 0.4) is 0 Å². The zero-order valence-corrected chi connectivity index (χ0v) is 67.6. The lowest BCUT2D eigenvalue weighted by atomic mass is 9.74. The highest BCUT2D eigenvalue weighted by Gasteiger charge is 2.52. The van der Waals surface area contributed by atoms with Gasteiger partial charge in [0.15, 0.2) is 0 Å². The van der Waals surface area contributed by atoms with Crippen LogP contribution < -0.4 is 5.46 Å². The average Bonchev–Trinajstić information content (AvgIpc) is 0.768. The first kappa shape index (κ1) is 72.2. The summed E-state index contributed by atoms with van der Waals surface area (Å²) in [5.74, 6) is 0. The molecule has 1 saturated heterocycles. The van der Waals surface area contributed by atoms with Crippen molar-refractivity contribution in [2.45, 2.75) is 38.9 Å². The van der Waals surface area contributed by atoms with Crippen LogP contribution in [0.25, 0.3) is 209 Å². The van der Waals surface area contributed by atoms with Crippen LogP contribution in [-0.4, -0.2) is 18.3 Å². The summed E-state index contributed by atoms with van der Waals surface area (Å²) in [5, 5.41) is 15.1. The maximum Gasteiger partial charge on any atom is 0.494 e. The lowest BCUT2D eigenvalue weighted by molar-refractivity contribution is 0.00578. The number of halogens is 1. The van der Waals surface area contributed by atoms with E-state index in [9.17, 15) is 0 Å². The molecule has 1 aliphatic heterocycles. The van der Waals surface area contributed by atoms with E-state index < -0.39 is 0 Å². The molecule has 20 aromatic carbocycles. The first-order chi connectivity index (χ1) is 57.9. The first-order valence-electron chi connectivity index (χ1n) is 40.9. The topological polar surface area (TPSA) is 18.5 Å². The van der Waals surface area contributed by atoms with Crippen molar-refractivity contribution in [2.24, 2.45) is 0 Å². The monoisotopic (exact) mass is 1570 g/mol. The molecule has 2 nitrogen and oxygen atoms in total. The van der Waals surface area contributed by atoms with E-state index >= 15 is 0 Å². The van der Waals surface area contributed by atoms with Gasteiger partial charge < -0.3 is 9.31 Å². The largest absolute Gasteiger partial charge is 0.494 e. The lowest BCUT2D eigenvalue weighted by Crippen LogP contribution is -2.41. The van der Waals surface area contributed by atoms with Gasteiger partial charge in [-0.1, -0.05) is 394 Å². The third kappa shape index (κ3) is 12.6. The second-order valence-corrected chi connectivity index (χ2v) is 33.1. The van der Waals surface area contributed by atoms with Crippen molar-refractivity contribution in [2.75, 3.05) is 0 Å². The molecular weight excluding hydrogens is 1490 g/mol. The van der Waals surface area contributed by atoms with Crippen molar-refractivity contribution in [1.82, 2.24) is 0 Å². The zero-order chi connectivity index (χ0) is 79.2. The molecule has 0 aromatic heterocycles. The van der Waals surface area contributed by atoms with Gasteiger partial charge in [-0.25, -0.2) is 0 Å². The number of fused-ring (bicyclic) bond motifs is 22. The molecule has 0 atom stereocenters. The molecule has 0 radical (unpaired) electrons. The third-order valence-electron chi connectivity index (χ3n) is 25.1. The van der Waals surface area contributed by atoms with Crippen molar-refractivity contribution < 1.29 is 9.31 Å². The van der Waals surface area contributed by atoms with Crippen molar-refractivity contribution in [3.05, 3.63) is 417 Å². The summed E-state index contributed by atoms with van der Waals surface area (Å²) in [6, 6.07) is 150. The molecule has 2 aliphatic carbocycles. The fraction of sp³-hybridized carbons (Fsp3) is 0.0526. The second kappa shape index (κ2) is 29.6. The highest BCUT2D eigenvalue weighted by Crippen LogP contribution is 2.53. The summed E-state index contributed by atoms with van der Waals surface area (Å²) < 4.78 is 13.9. The molecule has 0 amide bonds. The molecule has 4 heteroatoms. The minimum Gasteiger partial charge on any atom is -0.399 e. The van der Waals surface area contributed by atoms with Crippen molar-refractivity contribution >= 4 is 93.1 Å². The van der Waals surface area contributed by atoms with E-state index in [0.717, 1.165) is 9.94 Å². The normalized spacial score (nSPS) is 13.2. The molecule has 0 bridgehead atoms. The van der Waals surface area contributed by atoms with E-state index in [-0.39, 0.29) is 18.3 Å². The fourth-order valence-electron chi connectivity index (χ4n) is 18.6. The Labute approximate surface area is 697 Å². The number of hydrogen-bond donors (Lipinski definition) is 0. The molecule has 118 heavy (non-hydrogen) atoms. The Morgan fingerprint density at radius 1 is 0.186 bits per heavy atom. The molecular formula is C114H80BBrO2. The summed E-state index contributed by atoms with van der Waals surface area (Å²) >= 11 is 3.85. The van der Waals surface area contributed by atoms with Crippen LogP contribution in [0.2, 0.25) is 0 Å². The Hall–Kier alpha value is -13.6. The van der Waals surface area contributed by atoms with Crippen LogP contribution in [0.4, 0.5) is 0 Å². The highest BCUT2D eigenvalue weighted by atomic mass is 79.9. The number of benzene rings is 20. The van der Waals surface area contributed by atoms with E-state index in [2.05, 4.69) is 456 Å². The average molecular weight is 1570 g/mol. The van der Waals surface area contributed by atoms with Crippen LogP contribution >= 0.6 is 15.9 Å². The molecule has 3 aliphatic rings. The van der Waals surface area contributed by atoms with Crippen molar-refractivity contribution in [1.29, 1.82) is 0 Å². The SMILES string of the molecule is Brc1c2ccccc2c(-c2ccc(-c3ccc4ccccc4c3)cc2)c2ccccc12.CC1(C)OB(c2ccc3c(c2)-c2ccccc2-c2ccccc2-c2ccccc2-3)OC1(C)C.c1ccc2c(c1)-c1ccccc1-c1ccc(-c3c4ccccc4c(-c4ccc(-c5ccc6ccccc6c5)cc4)c4ccccc34)cc1-c1ccccc1-2. The molecule has 1 fully saturated rings. The molecule has 0 spiro atoms. The molecule has 0 saturated carbocycles. The van der Waals surface area contributed by atoms with E-state index in [4.69, 9.17) is 9.31 Å². The lowest BCUT2D eigenvalue weighted by Gasteiger charge is -2.32. The summed E-state index contributed by atoms with van der Waals surface area (Å²) in [5.41, 5.74) is 32.8. The predicted molar refractivity (Wildman–Crippen MR) is 506 cm³/mol. The van der Waals surface area contributed by atoms with Crippen LogP contribution in [0.5, 0.6) is 0 Å². The first-order valence-corrected chi connectivity index (χ1v) is 41.7. The van der Waals surface area contributed by atoms with Gasteiger partial charge in [-0.2, -0.15) is 0 Å². The van der Waals surface area contributed by atoms with Gasteiger partial charge >= 0.3 is 7.12 Å². The Kier molecular flexibility index (Phi) is 18.1. The molecule has 558 valence electrons. The predicted octanol–water partition coefficient (Wildman–Crippen LogP) is 31.3.